The summed E-state index contributed by atoms with van der Waals surface area (Å²) in [6, 6.07) is 7.52. The number of fused-ring (bicyclic) bond motifs is 1. The van der Waals surface area contributed by atoms with Crippen LogP contribution in [0.15, 0.2) is 24.3 Å². The molecule has 0 saturated heterocycles. The molecular formula is C15H14N4O2S. The van der Waals surface area contributed by atoms with Crippen molar-refractivity contribution in [2.45, 2.75) is 18.8 Å². The number of carbonyl (C=O) groups excluding carboxylic acids is 1. The van der Waals surface area contributed by atoms with Gasteiger partial charge in [-0.1, -0.05) is 17.4 Å². The minimum atomic E-state index is -0.249. The molecular weight excluding hydrogens is 300 g/mol. The van der Waals surface area contributed by atoms with Crippen molar-refractivity contribution in [3.8, 4) is 5.75 Å². The van der Waals surface area contributed by atoms with E-state index in [4.69, 9.17) is 4.74 Å². The van der Waals surface area contributed by atoms with Crippen molar-refractivity contribution in [1.29, 1.82) is 0 Å². The van der Waals surface area contributed by atoms with Gasteiger partial charge in [0.05, 0.1) is 11.8 Å². The Bertz CT molecular complexity index is 850. The molecule has 1 saturated carbocycles. The summed E-state index contributed by atoms with van der Waals surface area (Å²) in [6.07, 6.45) is 2.34. The third kappa shape index (κ3) is 2.33. The maximum absolute atomic E-state index is 12.2. The number of amides is 1. The summed E-state index contributed by atoms with van der Waals surface area (Å²) >= 11 is 1.41. The number of aromatic amines is 1. The molecule has 1 aliphatic carbocycles. The lowest BCUT2D eigenvalue weighted by Crippen LogP contribution is -2.12. The number of ether oxygens (including phenoxy) is 1. The Kier molecular flexibility index (Phi) is 3.07. The Hall–Kier alpha value is -2.41. The number of para-hydroxylation sites is 1. The third-order valence-electron chi connectivity index (χ3n) is 3.67. The zero-order chi connectivity index (χ0) is 15.1. The van der Waals surface area contributed by atoms with Crippen LogP contribution >= 0.6 is 11.3 Å². The molecule has 0 aliphatic heterocycles. The molecule has 1 amide bonds. The van der Waals surface area contributed by atoms with Crippen molar-refractivity contribution in [2.75, 3.05) is 12.4 Å². The smallest absolute Gasteiger partial charge is 0.277 e. The van der Waals surface area contributed by atoms with Crippen LogP contribution in [0.1, 0.15) is 34.9 Å². The lowest BCUT2D eigenvalue weighted by molar-refractivity contribution is 0.102. The number of hydrogen-bond donors (Lipinski definition) is 2. The number of hydrogen-bond acceptors (Lipinski definition) is 5. The molecule has 2 N–H and O–H groups in total. The maximum atomic E-state index is 12.2. The van der Waals surface area contributed by atoms with E-state index < -0.39 is 0 Å². The molecule has 0 radical (unpaired) electrons. The van der Waals surface area contributed by atoms with Crippen LogP contribution in [-0.2, 0) is 0 Å². The van der Waals surface area contributed by atoms with Gasteiger partial charge in [-0.2, -0.15) is 5.10 Å². The van der Waals surface area contributed by atoms with Crippen molar-refractivity contribution in [3.05, 3.63) is 35.7 Å². The van der Waals surface area contributed by atoms with Gasteiger partial charge in [-0.25, -0.2) is 4.98 Å². The van der Waals surface area contributed by atoms with E-state index in [1.165, 1.54) is 24.2 Å². The van der Waals surface area contributed by atoms with Gasteiger partial charge in [0.2, 0.25) is 0 Å². The summed E-state index contributed by atoms with van der Waals surface area (Å²) in [5.41, 5.74) is 2.19. The SMILES string of the molecule is COc1cccc2sc(NC(=O)c3cc(C4CC4)[nH]n3)nc12. The summed E-state index contributed by atoms with van der Waals surface area (Å²) in [5, 5.41) is 10.4. The number of thiazole rings is 1. The van der Waals surface area contributed by atoms with Gasteiger partial charge in [-0.05, 0) is 31.0 Å². The number of H-pyrrole nitrogens is 1. The molecule has 6 nitrogen and oxygen atoms in total. The highest BCUT2D eigenvalue weighted by Gasteiger charge is 2.26. The molecule has 0 unspecified atom stereocenters. The van der Waals surface area contributed by atoms with Gasteiger partial charge >= 0.3 is 0 Å². The van der Waals surface area contributed by atoms with Gasteiger partial charge in [-0.15, -0.1) is 0 Å². The number of nitrogens with one attached hydrogen (secondary N) is 2. The fourth-order valence-corrected chi connectivity index (χ4v) is 3.24. The van der Waals surface area contributed by atoms with Crippen LogP contribution in [0.3, 0.4) is 0 Å². The van der Waals surface area contributed by atoms with Crippen LogP contribution < -0.4 is 10.1 Å². The predicted octanol–water partition coefficient (Wildman–Crippen LogP) is 3.16. The van der Waals surface area contributed by atoms with Crippen molar-refractivity contribution < 1.29 is 9.53 Å². The van der Waals surface area contributed by atoms with E-state index >= 15 is 0 Å². The van der Waals surface area contributed by atoms with Crippen LogP contribution in [0.25, 0.3) is 10.2 Å². The minimum Gasteiger partial charge on any atom is -0.494 e. The van der Waals surface area contributed by atoms with E-state index in [0.29, 0.717) is 22.5 Å². The van der Waals surface area contributed by atoms with E-state index in [-0.39, 0.29) is 5.91 Å². The van der Waals surface area contributed by atoms with E-state index in [2.05, 4.69) is 20.5 Å². The van der Waals surface area contributed by atoms with Crippen LogP contribution in [-0.4, -0.2) is 28.2 Å². The largest absolute Gasteiger partial charge is 0.494 e. The number of benzene rings is 1. The fourth-order valence-electron chi connectivity index (χ4n) is 2.36. The molecule has 1 aliphatic rings. The van der Waals surface area contributed by atoms with Crippen molar-refractivity contribution >= 4 is 32.6 Å². The van der Waals surface area contributed by atoms with Gasteiger partial charge in [0.15, 0.2) is 10.8 Å². The topological polar surface area (TPSA) is 79.9 Å². The van der Waals surface area contributed by atoms with Crippen LogP contribution in [0.4, 0.5) is 5.13 Å². The molecule has 112 valence electrons. The average Bonchev–Trinajstić information content (AvgIpc) is 3.10. The normalized spacial score (nSPS) is 14.2. The Morgan fingerprint density at radius 2 is 2.32 bits per heavy atom. The first-order valence-electron chi connectivity index (χ1n) is 7.05. The minimum absolute atomic E-state index is 0.249. The van der Waals surface area contributed by atoms with Crippen LogP contribution in [0, 0.1) is 0 Å². The first-order valence-corrected chi connectivity index (χ1v) is 7.86. The summed E-state index contributed by atoms with van der Waals surface area (Å²) in [6.45, 7) is 0. The monoisotopic (exact) mass is 314 g/mol. The van der Waals surface area contributed by atoms with Crippen LogP contribution in [0.2, 0.25) is 0 Å². The van der Waals surface area contributed by atoms with Gasteiger partial charge in [0, 0.05) is 11.6 Å². The van der Waals surface area contributed by atoms with E-state index in [9.17, 15) is 4.79 Å². The number of anilines is 1. The molecule has 2 aromatic heterocycles. The molecule has 7 heteroatoms. The Labute approximate surface area is 130 Å². The predicted molar refractivity (Wildman–Crippen MR) is 84.7 cm³/mol. The molecule has 0 spiro atoms. The first kappa shape index (κ1) is 13.3. The molecule has 4 rings (SSSR count). The van der Waals surface area contributed by atoms with Crippen molar-refractivity contribution in [1.82, 2.24) is 15.2 Å². The molecule has 1 fully saturated rings. The summed E-state index contributed by atoms with van der Waals surface area (Å²) < 4.78 is 6.25. The summed E-state index contributed by atoms with van der Waals surface area (Å²) in [4.78, 5) is 16.7. The van der Waals surface area contributed by atoms with E-state index in [0.717, 1.165) is 15.9 Å². The highest BCUT2D eigenvalue weighted by atomic mass is 32.1. The van der Waals surface area contributed by atoms with E-state index in [1.807, 2.05) is 24.3 Å². The van der Waals surface area contributed by atoms with E-state index in [1.54, 1.807) is 7.11 Å². The molecule has 1 aromatic carbocycles. The molecule has 22 heavy (non-hydrogen) atoms. The number of rotatable bonds is 4. The van der Waals surface area contributed by atoms with Gasteiger partial charge < -0.3 is 4.74 Å². The zero-order valence-corrected chi connectivity index (χ0v) is 12.7. The van der Waals surface area contributed by atoms with Crippen LogP contribution in [0.5, 0.6) is 5.75 Å². The fraction of sp³-hybridized carbons (Fsp3) is 0.267. The highest BCUT2D eigenvalue weighted by Crippen LogP contribution is 2.39. The molecule has 3 aromatic rings. The summed E-state index contributed by atoms with van der Waals surface area (Å²) in [5.74, 6) is 0.993. The molecule has 0 bridgehead atoms. The van der Waals surface area contributed by atoms with Gasteiger partial charge in [0.25, 0.3) is 5.91 Å². The Balaban J connectivity index is 1.58. The lowest BCUT2D eigenvalue weighted by Gasteiger charge is -1.98. The average molecular weight is 314 g/mol. The Morgan fingerprint density at radius 3 is 3.09 bits per heavy atom. The third-order valence-corrected chi connectivity index (χ3v) is 4.61. The van der Waals surface area contributed by atoms with Crippen molar-refractivity contribution in [3.63, 3.8) is 0 Å². The number of aromatic nitrogens is 3. The quantitative estimate of drug-likeness (QED) is 0.775. The highest BCUT2D eigenvalue weighted by molar-refractivity contribution is 7.22. The van der Waals surface area contributed by atoms with Crippen molar-refractivity contribution in [2.24, 2.45) is 0 Å². The van der Waals surface area contributed by atoms with Gasteiger partial charge in [-0.3, -0.25) is 15.2 Å². The zero-order valence-electron chi connectivity index (χ0n) is 11.9. The lowest BCUT2D eigenvalue weighted by atomic mass is 10.2. The second-order valence-corrected chi connectivity index (χ2v) is 6.29. The maximum Gasteiger partial charge on any atom is 0.277 e. The summed E-state index contributed by atoms with van der Waals surface area (Å²) in [7, 11) is 1.61. The number of methoxy groups -OCH3 is 1. The molecule has 2 heterocycles. The second kappa shape index (κ2) is 5.10. The second-order valence-electron chi connectivity index (χ2n) is 5.26. The number of nitrogens with zero attached hydrogens (tertiary/aromatic N) is 2. The van der Waals surface area contributed by atoms with Gasteiger partial charge in [0.1, 0.15) is 11.3 Å². The standard InChI is InChI=1S/C15H14N4O2S/c1-21-11-3-2-4-12-13(11)16-15(22-12)17-14(20)10-7-9(18-19-10)8-5-6-8/h2-4,7-8H,5-6H2,1H3,(H,18,19)(H,16,17,20). The molecule has 0 atom stereocenters. The first-order chi connectivity index (χ1) is 10.7. The number of carbonyl (C=O) groups is 1. The Morgan fingerprint density at radius 1 is 1.45 bits per heavy atom.